The van der Waals surface area contributed by atoms with Crippen LogP contribution in [0.3, 0.4) is 0 Å². The van der Waals surface area contributed by atoms with Crippen molar-refractivity contribution in [2.75, 3.05) is 17.1 Å². The molecule has 0 saturated heterocycles. The number of hydrogen-bond acceptors (Lipinski definition) is 7. The normalized spacial score (nSPS) is 11.6. The van der Waals surface area contributed by atoms with Gasteiger partial charge in [0.15, 0.2) is 17.3 Å². The summed E-state index contributed by atoms with van der Waals surface area (Å²) in [5.74, 6) is -2.22. The van der Waals surface area contributed by atoms with Crippen molar-refractivity contribution in [1.29, 1.82) is 0 Å². The van der Waals surface area contributed by atoms with Crippen molar-refractivity contribution in [3.63, 3.8) is 0 Å². The highest BCUT2D eigenvalue weighted by Gasteiger charge is 2.20. The summed E-state index contributed by atoms with van der Waals surface area (Å²) < 4.78 is 49.9. The van der Waals surface area contributed by atoms with Crippen LogP contribution in [-0.2, 0) is 17.1 Å². The highest BCUT2D eigenvalue weighted by atomic mass is 32.2. The quantitative estimate of drug-likeness (QED) is 0.355. The molecule has 0 aliphatic carbocycles. The summed E-state index contributed by atoms with van der Waals surface area (Å²) in [7, 11) is 1.68. The van der Waals surface area contributed by atoms with Crippen molar-refractivity contribution < 1.29 is 18.1 Å². The van der Waals surface area contributed by atoms with E-state index in [1.165, 1.54) is 18.3 Å². The molecule has 4 rings (SSSR count). The Morgan fingerprint density at radius 2 is 1.76 bits per heavy atom. The Labute approximate surface area is 192 Å². The summed E-state index contributed by atoms with van der Waals surface area (Å²) in [4.78, 5) is 12.5. The lowest BCUT2D eigenvalue weighted by Gasteiger charge is -2.15. The van der Waals surface area contributed by atoms with E-state index in [1.54, 1.807) is 43.6 Å². The van der Waals surface area contributed by atoms with E-state index in [1.807, 2.05) is 18.2 Å². The second kappa shape index (κ2) is 10.2. The third kappa shape index (κ3) is 5.36. The maximum Gasteiger partial charge on any atom is 0.228 e. The van der Waals surface area contributed by atoms with E-state index in [0.29, 0.717) is 17.2 Å². The van der Waals surface area contributed by atoms with Crippen molar-refractivity contribution in [1.82, 2.24) is 15.0 Å². The summed E-state index contributed by atoms with van der Waals surface area (Å²) >= 11 is -1.65. The fourth-order valence-electron chi connectivity index (χ4n) is 2.97. The molecule has 0 amide bonds. The van der Waals surface area contributed by atoms with Crippen molar-refractivity contribution in [2.24, 2.45) is 0 Å². The van der Waals surface area contributed by atoms with Crippen LogP contribution < -0.4 is 14.8 Å². The molecule has 1 atom stereocenters. The Hall–Kier alpha value is -3.76. The van der Waals surface area contributed by atoms with Crippen molar-refractivity contribution in [2.45, 2.75) is 5.75 Å². The largest absolute Gasteiger partial charge is 0.593 e. The van der Waals surface area contributed by atoms with Gasteiger partial charge in [0.2, 0.25) is 17.6 Å². The Morgan fingerprint density at radius 3 is 2.55 bits per heavy atom. The summed E-state index contributed by atoms with van der Waals surface area (Å²) in [5, 5.41) is 2.83. The number of anilines is 2. The van der Waals surface area contributed by atoms with Gasteiger partial charge < -0.3 is 14.6 Å². The molecule has 2 aromatic carbocycles. The maximum absolute atomic E-state index is 14.8. The van der Waals surface area contributed by atoms with E-state index < -0.39 is 23.0 Å². The number of nitrogens with one attached hydrogen (secondary N) is 2. The molecule has 2 aromatic heterocycles. The minimum absolute atomic E-state index is 0.0462. The van der Waals surface area contributed by atoms with Crippen LogP contribution in [0.2, 0.25) is 0 Å². The van der Waals surface area contributed by atoms with Crippen LogP contribution >= 0.6 is 0 Å². The number of nitrogens with zero attached hydrogens (tertiary/aromatic N) is 3. The predicted octanol–water partition coefficient (Wildman–Crippen LogP) is 4.93. The topological polar surface area (TPSA) is 95.0 Å². The van der Waals surface area contributed by atoms with Crippen LogP contribution in [0.4, 0.5) is 20.4 Å². The number of aromatic nitrogens is 3. The smallest absolute Gasteiger partial charge is 0.228 e. The summed E-state index contributed by atoms with van der Waals surface area (Å²) in [6.45, 7) is 0. The third-order valence-corrected chi connectivity index (χ3v) is 5.59. The Morgan fingerprint density at radius 1 is 0.939 bits per heavy atom. The molecule has 1 unspecified atom stereocenters. The molecule has 10 heteroatoms. The molecule has 0 fully saturated rings. The zero-order valence-corrected chi connectivity index (χ0v) is 18.3. The predicted molar refractivity (Wildman–Crippen MR) is 123 cm³/mol. The van der Waals surface area contributed by atoms with E-state index in [-0.39, 0.29) is 23.1 Å². The van der Waals surface area contributed by atoms with E-state index >= 15 is 0 Å². The minimum Gasteiger partial charge on any atom is -0.593 e. The lowest BCUT2D eigenvalue weighted by molar-refractivity contribution is 0.407. The molecule has 0 aliphatic rings. The minimum atomic E-state index is -1.65. The molecule has 0 radical (unpaired) electrons. The van der Waals surface area contributed by atoms with Gasteiger partial charge in [0, 0.05) is 25.0 Å². The lowest BCUT2D eigenvalue weighted by atomic mass is 10.2. The van der Waals surface area contributed by atoms with Gasteiger partial charge in [-0.3, -0.25) is 0 Å². The van der Waals surface area contributed by atoms with Gasteiger partial charge in [-0.1, -0.05) is 30.3 Å². The second-order valence-corrected chi connectivity index (χ2v) is 7.97. The molecule has 2 heterocycles. The van der Waals surface area contributed by atoms with Gasteiger partial charge in [-0.05, 0) is 30.3 Å². The first-order valence-electron chi connectivity index (χ1n) is 9.86. The first kappa shape index (κ1) is 22.4. The zero-order chi connectivity index (χ0) is 23.2. The second-order valence-electron chi connectivity index (χ2n) is 6.79. The van der Waals surface area contributed by atoms with Crippen molar-refractivity contribution >= 4 is 23.0 Å². The van der Waals surface area contributed by atoms with E-state index in [9.17, 15) is 13.3 Å². The molecule has 0 saturated carbocycles. The Balaban J connectivity index is 1.55. The van der Waals surface area contributed by atoms with Gasteiger partial charge in [-0.2, -0.15) is 4.39 Å². The number of pyridine rings is 1. The zero-order valence-electron chi connectivity index (χ0n) is 17.5. The van der Waals surface area contributed by atoms with Gasteiger partial charge in [0.05, 0.1) is 22.6 Å². The van der Waals surface area contributed by atoms with Crippen LogP contribution in [0, 0.1) is 11.6 Å². The van der Waals surface area contributed by atoms with Gasteiger partial charge in [-0.25, -0.2) is 24.1 Å². The molecule has 0 bridgehead atoms. The van der Waals surface area contributed by atoms with Crippen LogP contribution in [0.1, 0.15) is 5.56 Å². The molecular weight excluding hydrogens is 448 g/mol. The molecule has 4 aromatic rings. The first-order valence-corrected chi connectivity index (χ1v) is 11.2. The third-order valence-electron chi connectivity index (χ3n) is 4.54. The monoisotopic (exact) mass is 467 g/mol. The van der Waals surface area contributed by atoms with E-state index in [2.05, 4.69) is 25.0 Å². The molecule has 7 nitrogen and oxygen atoms in total. The highest BCUT2D eigenvalue weighted by molar-refractivity contribution is 7.91. The maximum atomic E-state index is 14.8. The molecule has 168 valence electrons. The van der Waals surface area contributed by atoms with E-state index in [4.69, 9.17) is 4.74 Å². The average Bonchev–Trinajstić information content (AvgIpc) is 2.85. The van der Waals surface area contributed by atoms with Gasteiger partial charge >= 0.3 is 0 Å². The van der Waals surface area contributed by atoms with Crippen LogP contribution in [0.25, 0.3) is 11.3 Å². The molecule has 0 spiro atoms. The Bertz CT molecular complexity index is 1250. The fraction of sp³-hybridized carbons (Fsp3) is 0.0870. The first-order chi connectivity index (χ1) is 16.0. The molecule has 33 heavy (non-hydrogen) atoms. The SMILES string of the molecule is CNc1nccc(-c2cccnc2Oc2ccc(N[S+]([O-])Cc3ccccc3)c(F)c2F)n1. The number of ether oxygens (including phenoxy) is 1. The van der Waals surface area contributed by atoms with Crippen molar-refractivity contribution in [3.05, 3.63) is 90.3 Å². The molecular formula is C23H19F2N5O2S. The average molecular weight is 468 g/mol. The lowest BCUT2D eigenvalue weighted by Crippen LogP contribution is -2.16. The summed E-state index contributed by atoms with van der Waals surface area (Å²) in [6, 6.07) is 16.6. The van der Waals surface area contributed by atoms with Gasteiger partial charge in [-0.15, -0.1) is 0 Å². The van der Waals surface area contributed by atoms with Crippen LogP contribution in [0.5, 0.6) is 11.6 Å². The molecule has 0 aliphatic heterocycles. The fourth-order valence-corrected chi connectivity index (χ4v) is 3.94. The van der Waals surface area contributed by atoms with Gasteiger partial charge in [0.25, 0.3) is 0 Å². The number of hydrogen-bond donors (Lipinski definition) is 2. The van der Waals surface area contributed by atoms with Crippen LogP contribution in [0.15, 0.2) is 73.1 Å². The number of benzene rings is 2. The standard InChI is InChI=1S/C23H19F2N5O2S/c1-26-23-28-13-11-17(29-23)16-8-5-12-27-22(16)32-19-10-9-18(20(24)21(19)25)30-33(31)14-15-6-3-2-4-7-15/h2-13,30H,14H2,1H3,(H,26,28,29). The summed E-state index contributed by atoms with van der Waals surface area (Å²) in [5.41, 5.74) is 1.54. The highest BCUT2D eigenvalue weighted by Crippen LogP contribution is 2.34. The summed E-state index contributed by atoms with van der Waals surface area (Å²) in [6.07, 6.45) is 3.02. The van der Waals surface area contributed by atoms with E-state index in [0.717, 1.165) is 5.56 Å². The number of halogens is 2. The Kier molecular flexibility index (Phi) is 6.96. The molecule has 2 N–H and O–H groups in total. The van der Waals surface area contributed by atoms with Crippen LogP contribution in [-0.4, -0.2) is 26.6 Å². The van der Waals surface area contributed by atoms with Crippen molar-refractivity contribution in [3.8, 4) is 22.9 Å². The van der Waals surface area contributed by atoms with Gasteiger partial charge in [0.1, 0.15) is 5.69 Å². The number of rotatable bonds is 8.